The van der Waals surface area contributed by atoms with Gasteiger partial charge in [-0.05, 0) is 38.0 Å². The van der Waals surface area contributed by atoms with Gasteiger partial charge in [-0.1, -0.05) is 6.07 Å². The van der Waals surface area contributed by atoms with Gasteiger partial charge in [0.2, 0.25) is 6.79 Å². The molecule has 0 bridgehead atoms. The number of rotatable bonds is 3. The fourth-order valence-corrected chi connectivity index (χ4v) is 3.05. The first-order valence-electron chi connectivity index (χ1n) is 7.31. The van der Waals surface area contributed by atoms with E-state index in [2.05, 4.69) is 11.4 Å². The molecule has 1 saturated heterocycles. The summed E-state index contributed by atoms with van der Waals surface area (Å²) in [5, 5.41) is 12.8. The number of ether oxygens (including phenoxy) is 3. The van der Waals surface area contributed by atoms with Crippen LogP contribution in [0.1, 0.15) is 31.9 Å². The van der Waals surface area contributed by atoms with Crippen LogP contribution in [0.15, 0.2) is 18.2 Å². The van der Waals surface area contributed by atoms with Crippen molar-refractivity contribution < 1.29 is 19.0 Å². The lowest BCUT2D eigenvalue weighted by Gasteiger charge is -2.23. The van der Waals surface area contributed by atoms with E-state index >= 15 is 0 Å². The fraction of sp³-hybridized carbons (Fsp3) is 0.500. The summed E-state index contributed by atoms with van der Waals surface area (Å²) in [6.45, 7) is 4.16. The van der Waals surface area contributed by atoms with Gasteiger partial charge >= 0.3 is 5.97 Å². The molecule has 1 aromatic carbocycles. The smallest absolute Gasteiger partial charge is 0.323 e. The fourth-order valence-electron chi connectivity index (χ4n) is 3.05. The second kappa shape index (κ2) is 5.50. The van der Waals surface area contributed by atoms with Crippen molar-refractivity contribution in [1.29, 1.82) is 5.26 Å². The third kappa shape index (κ3) is 2.38. The third-order valence-electron chi connectivity index (χ3n) is 4.19. The van der Waals surface area contributed by atoms with Crippen LogP contribution in [0, 0.1) is 16.7 Å². The molecule has 3 rings (SSSR count). The summed E-state index contributed by atoms with van der Waals surface area (Å²) in [6, 6.07) is 7.20. The van der Waals surface area contributed by atoms with Gasteiger partial charge in [0.15, 0.2) is 11.5 Å². The van der Waals surface area contributed by atoms with Gasteiger partial charge in [-0.2, -0.15) is 5.26 Å². The van der Waals surface area contributed by atoms with Crippen molar-refractivity contribution in [2.75, 3.05) is 13.4 Å². The Balaban J connectivity index is 1.88. The van der Waals surface area contributed by atoms with Gasteiger partial charge < -0.3 is 14.2 Å². The second-order valence-electron chi connectivity index (χ2n) is 5.75. The van der Waals surface area contributed by atoms with Crippen LogP contribution in [0.5, 0.6) is 11.5 Å². The summed E-state index contributed by atoms with van der Waals surface area (Å²) in [6.07, 6.45) is 0.418. The molecule has 1 N–H and O–H groups in total. The third-order valence-corrected chi connectivity index (χ3v) is 4.19. The van der Waals surface area contributed by atoms with Crippen LogP contribution in [-0.4, -0.2) is 25.4 Å². The van der Waals surface area contributed by atoms with Crippen LogP contribution in [0.3, 0.4) is 0 Å². The normalized spacial score (nSPS) is 29.1. The van der Waals surface area contributed by atoms with Gasteiger partial charge in [0.25, 0.3) is 0 Å². The molecule has 1 fully saturated rings. The van der Waals surface area contributed by atoms with E-state index in [1.807, 2.05) is 25.1 Å². The highest BCUT2D eigenvalue weighted by Gasteiger charge is 2.48. The van der Waals surface area contributed by atoms with E-state index in [1.165, 1.54) is 0 Å². The molecule has 6 nitrogen and oxygen atoms in total. The largest absolute Gasteiger partial charge is 0.465 e. The molecule has 116 valence electrons. The molecule has 0 spiro atoms. The number of carbonyl (C=O) groups is 1. The minimum atomic E-state index is -0.689. The summed E-state index contributed by atoms with van der Waals surface area (Å²) in [5.41, 5.74) is 0.214. The topological polar surface area (TPSA) is 80.6 Å². The van der Waals surface area contributed by atoms with Crippen LogP contribution in [0.2, 0.25) is 0 Å². The lowest BCUT2D eigenvalue weighted by molar-refractivity contribution is -0.145. The number of nitrogens with zero attached hydrogens (tertiary/aromatic N) is 1. The lowest BCUT2D eigenvalue weighted by Crippen LogP contribution is -2.34. The predicted octanol–water partition coefficient (Wildman–Crippen LogP) is 1.91. The standard InChI is InChI=1S/C16H18N2O4/c1-3-20-15(19)11-7-16(2,8-17)14(18-11)10-4-5-12-13(6-10)22-9-21-12/h4-6,11,14,18H,3,7,9H2,1-2H3. The van der Waals surface area contributed by atoms with Gasteiger partial charge in [0.05, 0.1) is 24.1 Å². The maximum Gasteiger partial charge on any atom is 0.323 e. The van der Waals surface area contributed by atoms with Crippen LogP contribution < -0.4 is 14.8 Å². The second-order valence-corrected chi connectivity index (χ2v) is 5.75. The van der Waals surface area contributed by atoms with Crippen LogP contribution >= 0.6 is 0 Å². The highest BCUT2D eigenvalue weighted by atomic mass is 16.7. The quantitative estimate of drug-likeness (QED) is 0.859. The number of hydrogen-bond donors (Lipinski definition) is 1. The average molecular weight is 302 g/mol. The van der Waals surface area contributed by atoms with Gasteiger partial charge in [-0.25, -0.2) is 0 Å². The molecule has 0 aromatic heterocycles. The van der Waals surface area contributed by atoms with Crippen molar-refractivity contribution in [3.05, 3.63) is 23.8 Å². The van der Waals surface area contributed by atoms with Crippen LogP contribution in [0.25, 0.3) is 0 Å². The molecule has 2 aliphatic rings. The highest BCUT2D eigenvalue weighted by molar-refractivity contribution is 5.76. The van der Waals surface area contributed by atoms with Crippen molar-refractivity contribution in [3.63, 3.8) is 0 Å². The molecule has 2 aliphatic heterocycles. The molecule has 0 amide bonds. The summed E-state index contributed by atoms with van der Waals surface area (Å²) in [5.74, 6) is 1.05. The Bertz CT molecular complexity index is 640. The van der Waals surface area contributed by atoms with E-state index < -0.39 is 11.5 Å². The average Bonchev–Trinajstić information content (AvgIpc) is 3.11. The summed E-state index contributed by atoms with van der Waals surface area (Å²) in [4.78, 5) is 12.0. The Morgan fingerprint density at radius 1 is 1.50 bits per heavy atom. The molecular formula is C16H18N2O4. The van der Waals surface area contributed by atoms with Gasteiger partial charge in [0, 0.05) is 0 Å². The van der Waals surface area contributed by atoms with E-state index in [1.54, 1.807) is 6.92 Å². The zero-order chi connectivity index (χ0) is 15.7. The molecule has 3 atom stereocenters. The SMILES string of the molecule is CCOC(=O)C1CC(C)(C#N)C(c2ccc3c(c2)OCO3)N1. The minimum Gasteiger partial charge on any atom is -0.465 e. The zero-order valence-corrected chi connectivity index (χ0v) is 12.6. The van der Waals surface area contributed by atoms with E-state index in [-0.39, 0.29) is 18.8 Å². The number of nitriles is 1. The van der Waals surface area contributed by atoms with Crippen molar-refractivity contribution in [2.45, 2.75) is 32.4 Å². The monoisotopic (exact) mass is 302 g/mol. The van der Waals surface area contributed by atoms with E-state index in [9.17, 15) is 10.1 Å². The number of carbonyl (C=O) groups excluding carboxylic acids is 1. The summed E-state index contributed by atoms with van der Waals surface area (Å²) < 4.78 is 15.8. The van der Waals surface area contributed by atoms with Crippen LogP contribution in [-0.2, 0) is 9.53 Å². The number of hydrogen-bond acceptors (Lipinski definition) is 6. The molecule has 3 unspecified atom stereocenters. The Morgan fingerprint density at radius 3 is 3.00 bits per heavy atom. The van der Waals surface area contributed by atoms with Gasteiger partial charge in [0.1, 0.15) is 6.04 Å². The van der Waals surface area contributed by atoms with Gasteiger partial charge in [-0.15, -0.1) is 0 Å². The minimum absolute atomic E-state index is 0.206. The number of esters is 1. The van der Waals surface area contributed by atoms with Crippen LogP contribution in [0.4, 0.5) is 0 Å². The van der Waals surface area contributed by atoms with Crippen molar-refractivity contribution in [1.82, 2.24) is 5.32 Å². The molecule has 0 saturated carbocycles. The Morgan fingerprint density at radius 2 is 2.27 bits per heavy atom. The molecule has 2 heterocycles. The molecule has 22 heavy (non-hydrogen) atoms. The first kappa shape index (κ1) is 14.7. The Kier molecular flexibility index (Phi) is 3.67. The first-order valence-corrected chi connectivity index (χ1v) is 7.31. The van der Waals surface area contributed by atoms with Crippen molar-refractivity contribution in [3.8, 4) is 17.6 Å². The molecule has 0 aliphatic carbocycles. The number of fused-ring (bicyclic) bond motifs is 1. The molecular weight excluding hydrogens is 284 g/mol. The van der Waals surface area contributed by atoms with E-state index in [0.717, 1.165) is 5.56 Å². The number of benzene rings is 1. The van der Waals surface area contributed by atoms with E-state index in [4.69, 9.17) is 14.2 Å². The Hall–Kier alpha value is -2.26. The number of nitrogens with one attached hydrogen (secondary N) is 1. The van der Waals surface area contributed by atoms with Crippen molar-refractivity contribution >= 4 is 5.97 Å². The zero-order valence-electron chi connectivity index (χ0n) is 12.6. The predicted molar refractivity (Wildman–Crippen MR) is 77.2 cm³/mol. The van der Waals surface area contributed by atoms with Gasteiger partial charge in [-0.3, -0.25) is 10.1 Å². The molecule has 0 radical (unpaired) electrons. The maximum absolute atomic E-state index is 12.0. The summed E-state index contributed by atoms with van der Waals surface area (Å²) >= 11 is 0. The maximum atomic E-state index is 12.0. The highest BCUT2D eigenvalue weighted by Crippen LogP contribution is 2.45. The first-order chi connectivity index (χ1) is 10.6. The molecule has 1 aromatic rings. The Labute approximate surface area is 129 Å². The molecule has 6 heteroatoms. The summed E-state index contributed by atoms with van der Waals surface area (Å²) in [7, 11) is 0. The van der Waals surface area contributed by atoms with E-state index in [0.29, 0.717) is 24.5 Å². The lowest BCUT2D eigenvalue weighted by atomic mass is 9.80. The van der Waals surface area contributed by atoms with Crippen molar-refractivity contribution in [2.24, 2.45) is 5.41 Å².